The van der Waals surface area contributed by atoms with Crippen LogP contribution in [0.15, 0.2) is 29.2 Å². The van der Waals surface area contributed by atoms with Crippen LogP contribution in [0.1, 0.15) is 20.8 Å². The fourth-order valence-electron chi connectivity index (χ4n) is 2.00. The first kappa shape index (κ1) is 17.9. The lowest BCUT2D eigenvalue weighted by atomic mass is 10.4. The second-order valence-corrected chi connectivity index (χ2v) is 7.66. The van der Waals surface area contributed by atoms with Crippen LogP contribution in [0.4, 0.5) is 0 Å². The summed E-state index contributed by atoms with van der Waals surface area (Å²) in [7, 11) is -3.38. The average molecular weight is 410 g/mol. The standard InChI is InChI=1S/C14H23IN2O2S/c1-4-16(5-2)11-12-17(6-3)20(18,19)14-9-7-13(15)8-10-14/h7-10H,4-6,11-12H2,1-3H3. The lowest BCUT2D eigenvalue weighted by Gasteiger charge is -2.25. The van der Waals surface area contributed by atoms with Crippen LogP contribution in [0.2, 0.25) is 0 Å². The van der Waals surface area contributed by atoms with Gasteiger partial charge in [0.1, 0.15) is 0 Å². The summed E-state index contributed by atoms with van der Waals surface area (Å²) in [5.74, 6) is 0. The van der Waals surface area contributed by atoms with E-state index in [-0.39, 0.29) is 0 Å². The molecule has 0 radical (unpaired) electrons. The molecule has 0 saturated heterocycles. The number of rotatable bonds is 8. The van der Waals surface area contributed by atoms with Gasteiger partial charge in [-0.05, 0) is 59.9 Å². The van der Waals surface area contributed by atoms with Crippen molar-refractivity contribution in [1.29, 1.82) is 0 Å². The number of halogens is 1. The molecule has 4 nitrogen and oxygen atoms in total. The molecule has 0 fully saturated rings. The maximum Gasteiger partial charge on any atom is 0.243 e. The second kappa shape index (κ2) is 8.31. The van der Waals surface area contributed by atoms with Gasteiger partial charge in [0.15, 0.2) is 0 Å². The quantitative estimate of drug-likeness (QED) is 0.619. The van der Waals surface area contributed by atoms with E-state index in [4.69, 9.17) is 0 Å². The SMILES string of the molecule is CCN(CC)CCN(CC)S(=O)(=O)c1ccc(I)cc1. The van der Waals surface area contributed by atoms with E-state index in [0.717, 1.165) is 23.2 Å². The number of likely N-dealkylation sites (N-methyl/N-ethyl adjacent to an activating group) is 2. The summed E-state index contributed by atoms with van der Waals surface area (Å²) in [6, 6.07) is 7.01. The lowest BCUT2D eigenvalue weighted by molar-refractivity contribution is 0.274. The smallest absolute Gasteiger partial charge is 0.243 e. The van der Waals surface area contributed by atoms with Crippen LogP contribution < -0.4 is 0 Å². The lowest BCUT2D eigenvalue weighted by Crippen LogP contribution is -2.38. The molecule has 0 N–H and O–H groups in total. The van der Waals surface area contributed by atoms with Crippen molar-refractivity contribution < 1.29 is 8.42 Å². The van der Waals surface area contributed by atoms with Crippen LogP contribution in [0.3, 0.4) is 0 Å². The molecule has 0 amide bonds. The van der Waals surface area contributed by atoms with Gasteiger partial charge in [-0.25, -0.2) is 8.42 Å². The highest BCUT2D eigenvalue weighted by Crippen LogP contribution is 2.17. The zero-order valence-corrected chi connectivity index (χ0v) is 15.3. The third-order valence-electron chi connectivity index (χ3n) is 3.36. The highest BCUT2D eigenvalue weighted by Gasteiger charge is 2.22. The summed E-state index contributed by atoms with van der Waals surface area (Å²) in [5.41, 5.74) is 0. The Morgan fingerprint density at radius 2 is 1.50 bits per heavy atom. The van der Waals surface area contributed by atoms with Crippen molar-refractivity contribution in [2.24, 2.45) is 0 Å². The summed E-state index contributed by atoms with van der Waals surface area (Å²) < 4.78 is 27.7. The van der Waals surface area contributed by atoms with Crippen molar-refractivity contribution in [2.75, 3.05) is 32.7 Å². The van der Waals surface area contributed by atoms with Crippen LogP contribution >= 0.6 is 22.6 Å². The van der Waals surface area contributed by atoms with Crippen molar-refractivity contribution in [3.8, 4) is 0 Å². The van der Waals surface area contributed by atoms with Gasteiger partial charge in [-0.15, -0.1) is 0 Å². The number of hydrogen-bond donors (Lipinski definition) is 0. The number of hydrogen-bond acceptors (Lipinski definition) is 3. The Balaban J connectivity index is 2.84. The van der Waals surface area contributed by atoms with E-state index in [1.807, 2.05) is 19.1 Å². The van der Waals surface area contributed by atoms with Gasteiger partial charge in [0.2, 0.25) is 10.0 Å². The minimum atomic E-state index is -3.38. The Bertz CT molecular complexity index is 498. The van der Waals surface area contributed by atoms with E-state index >= 15 is 0 Å². The number of sulfonamides is 1. The predicted octanol–water partition coefficient (Wildman–Crippen LogP) is 2.64. The van der Waals surface area contributed by atoms with Gasteiger partial charge >= 0.3 is 0 Å². The van der Waals surface area contributed by atoms with Gasteiger partial charge in [-0.3, -0.25) is 0 Å². The van der Waals surface area contributed by atoms with E-state index in [1.165, 1.54) is 0 Å². The summed E-state index contributed by atoms with van der Waals surface area (Å²) in [6.45, 7) is 9.75. The molecule has 0 aliphatic carbocycles. The van der Waals surface area contributed by atoms with Crippen molar-refractivity contribution >= 4 is 32.6 Å². The molecule has 0 bridgehead atoms. The van der Waals surface area contributed by atoms with E-state index in [1.54, 1.807) is 16.4 Å². The van der Waals surface area contributed by atoms with Crippen LogP contribution in [-0.4, -0.2) is 50.3 Å². The molecule has 0 unspecified atom stereocenters. The molecule has 0 heterocycles. The molecule has 1 aromatic rings. The zero-order valence-electron chi connectivity index (χ0n) is 12.3. The van der Waals surface area contributed by atoms with Gasteiger partial charge in [0, 0.05) is 23.2 Å². The summed E-state index contributed by atoms with van der Waals surface area (Å²) in [5, 5.41) is 0. The Kier molecular flexibility index (Phi) is 7.42. The van der Waals surface area contributed by atoms with Gasteiger partial charge in [-0.1, -0.05) is 20.8 Å². The third kappa shape index (κ3) is 4.68. The van der Waals surface area contributed by atoms with Crippen LogP contribution in [0, 0.1) is 3.57 Å². The monoisotopic (exact) mass is 410 g/mol. The Labute approximate surface area is 136 Å². The molecule has 0 atom stereocenters. The first-order valence-electron chi connectivity index (χ1n) is 6.93. The topological polar surface area (TPSA) is 40.6 Å². The minimum absolute atomic E-state index is 0.374. The van der Waals surface area contributed by atoms with Crippen molar-refractivity contribution in [2.45, 2.75) is 25.7 Å². The first-order valence-corrected chi connectivity index (χ1v) is 9.45. The molecule has 0 aromatic heterocycles. The fourth-order valence-corrected chi connectivity index (χ4v) is 3.80. The summed E-state index contributed by atoms with van der Waals surface area (Å²) >= 11 is 2.17. The summed E-state index contributed by atoms with van der Waals surface area (Å²) in [6.07, 6.45) is 0. The molecule has 20 heavy (non-hydrogen) atoms. The molecular weight excluding hydrogens is 387 g/mol. The van der Waals surface area contributed by atoms with Crippen molar-refractivity contribution in [3.63, 3.8) is 0 Å². The van der Waals surface area contributed by atoms with Crippen LogP contribution in [0.25, 0.3) is 0 Å². The summed E-state index contributed by atoms with van der Waals surface area (Å²) in [4.78, 5) is 2.60. The number of nitrogens with zero attached hydrogens (tertiary/aromatic N) is 2. The third-order valence-corrected chi connectivity index (χ3v) is 6.07. The highest BCUT2D eigenvalue weighted by molar-refractivity contribution is 14.1. The van der Waals surface area contributed by atoms with Crippen molar-refractivity contribution in [1.82, 2.24) is 9.21 Å². The normalized spacial score (nSPS) is 12.3. The second-order valence-electron chi connectivity index (χ2n) is 4.48. The van der Waals surface area contributed by atoms with E-state index < -0.39 is 10.0 Å². The Hall–Kier alpha value is -0.180. The molecule has 0 saturated carbocycles. The fraction of sp³-hybridized carbons (Fsp3) is 0.571. The average Bonchev–Trinajstić information content (AvgIpc) is 2.44. The van der Waals surface area contributed by atoms with Gasteiger partial charge in [0.05, 0.1) is 4.90 Å². The molecule has 1 aromatic carbocycles. The van der Waals surface area contributed by atoms with E-state index in [2.05, 4.69) is 41.3 Å². The van der Waals surface area contributed by atoms with Gasteiger partial charge < -0.3 is 4.90 Å². The molecule has 1 rings (SSSR count). The maximum absolute atomic E-state index is 12.6. The molecule has 6 heteroatoms. The first-order chi connectivity index (χ1) is 9.45. The zero-order chi connectivity index (χ0) is 15.2. The van der Waals surface area contributed by atoms with E-state index in [0.29, 0.717) is 18.0 Å². The minimum Gasteiger partial charge on any atom is -0.303 e. The Morgan fingerprint density at radius 1 is 0.950 bits per heavy atom. The Morgan fingerprint density at radius 3 is 1.95 bits per heavy atom. The largest absolute Gasteiger partial charge is 0.303 e. The van der Waals surface area contributed by atoms with Crippen LogP contribution in [0.5, 0.6) is 0 Å². The maximum atomic E-state index is 12.6. The highest BCUT2D eigenvalue weighted by atomic mass is 127. The molecule has 114 valence electrons. The molecule has 0 spiro atoms. The van der Waals surface area contributed by atoms with Crippen LogP contribution in [-0.2, 0) is 10.0 Å². The van der Waals surface area contributed by atoms with E-state index in [9.17, 15) is 8.42 Å². The molecular formula is C14H23IN2O2S. The van der Waals surface area contributed by atoms with Crippen molar-refractivity contribution in [3.05, 3.63) is 27.8 Å². The number of benzene rings is 1. The predicted molar refractivity (Wildman–Crippen MR) is 91.4 cm³/mol. The van der Waals surface area contributed by atoms with Gasteiger partial charge in [0.25, 0.3) is 0 Å². The molecule has 0 aliphatic heterocycles. The molecule has 0 aliphatic rings. The van der Waals surface area contributed by atoms with Gasteiger partial charge in [-0.2, -0.15) is 4.31 Å².